The molecule has 0 aromatic carbocycles. The molecule has 5 amide bonds. The minimum Gasteiger partial charge on any atom is -0.347 e. The minimum absolute atomic E-state index is 0.00602. The van der Waals surface area contributed by atoms with Crippen LogP contribution in [0.1, 0.15) is 138 Å². The highest BCUT2D eigenvalue weighted by molar-refractivity contribution is 7.89. The molecule has 13 nitrogen and oxygen atoms in total. The fourth-order valence-electron chi connectivity index (χ4n) is 9.45. The quantitative estimate of drug-likeness (QED) is 0.172. The van der Waals surface area contributed by atoms with Crippen molar-refractivity contribution in [3.63, 3.8) is 0 Å². The fraction of sp³-hybridized carbons (Fsp3) is 0.872. The van der Waals surface area contributed by atoms with E-state index in [1.807, 2.05) is 27.7 Å². The van der Waals surface area contributed by atoms with E-state index in [1.54, 1.807) is 11.9 Å². The van der Waals surface area contributed by atoms with Crippen molar-refractivity contribution in [3.05, 3.63) is 0 Å². The van der Waals surface area contributed by atoms with Gasteiger partial charge in [-0.3, -0.25) is 19.2 Å². The Labute approximate surface area is 317 Å². The van der Waals surface area contributed by atoms with Crippen LogP contribution in [0.25, 0.3) is 0 Å². The molecule has 5 fully saturated rings. The maximum Gasteiger partial charge on any atom is 0.315 e. The summed E-state index contributed by atoms with van der Waals surface area (Å²) in [5.74, 6) is -2.39. The van der Waals surface area contributed by atoms with Crippen LogP contribution in [0.2, 0.25) is 0 Å². The molecule has 53 heavy (non-hydrogen) atoms. The van der Waals surface area contributed by atoms with Crippen molar-refractivity contribution in [2.45, 2.75) is 174 Å². The van der Waals surface area contributed by atoms with Gasteiger partial charge < -0.3 is 26.2 Å². The standard InChI is InChI=1S/C39H66N6O7S/c1-8-9-16-28(31(46)34(48)40-26-17-18-26)41-33(47)30-29-27(37(29,4)5)23-45(30)35(49)32(38(6)19-12-10-13-20-38)42-36(50)43-39(21-14-11-15-22-39)24-53(51,52)44(7)25(2)3/h25-30,32H,8-24H2,1-7H3,(H,40,48)(H,41,47)(H2,42,43,50). The van der Waals surface area contributed by atoms with Crippen LogP contribution in [0.4, 0.5) is 4.79 Å². The summed E-state index contributed by atoms with van der Waals surface area (Å²) in [6.07, 6.45) is 11.3. The minimum atomic E-state index is -3.69. The van der Waals surface area contributed by atoms with E-state index in [4.69, 9.17) is 0 Å². The summed E-state index contributed by atoms with van der Waals surface area (Å²) in [4.78, 5) is 71.1. The second-order valence-electron chi connectivity index (χ2n) is 18.2. The Morgan fingerprint density at radius 2 is 1.49 bits per heavy atom. The largest absolute Gasteiger partial charge is 0.347 e. The van der Waals surface area contributed by atoms with E-state index in [0.29, 0.717) is 32.2 Å². The van der Waals surface area contributed by atoms with Crippen molar-refractivity contribution in [2.24, 2.45) is 22.7 Å². The first-order valence-electron chi connectivity index (χ1n) is 20.4. The van der Waals surface area contributed by atoms with E-state index < -0.39 is 62.7 Å². The number of hydrogen-bond donors (Lipinski definition) is 4. The van der Waals surface area contributed by atoms with Crippen molar-refractivity contribution >= 4 is 39.6 Å². The predicted molar refractivity (Wildman–Crippen MR) is 203 cm³/mol. The van der Waals surface area contributed by atoms with Crippen molar-refractivity contribution < 1.29 is 32.4 Å². The number of piperidine rings is 1. The number of Topliss-reactive ketones (excluding diaryl/α,β-unsaturated/α-hetero) is 1. The number of fused-ring (bicyclic) bond motifs is 1. The Morgan fingerprint density at radius 3 is 2.06 bits per heavy atom. The molecule has 5 rings (SSSR count). The van der Waals surface area contributed by atoms with Gasteiger partial charge in [-0.1, -0.05) is 79.1 Å². The topological polar surface area (TPSA) is 174 Å². The molecule has 1 heterocycles. The molecule has 300 valence electrons. The van der Waals surface area contributed by atoms with Gasteiger partial charge in [-0.2, -0.15) is 0 Å². The number of carbonyl (C=O) groups excluding carboxylic acids is 5. The molecule has 5 atom stereocenters. The molecule has 5 aliphatic rings. The van der Waals surface area contributed by atoms with Crippen molar-refractivity contribution in [2.75, 3.05) is 19.3 Å². The van der Waals surface area contributed by atoms with Crippen molar-refractivity contribution in [1.82, 2.24) is 30.5 Å². The number of amides is 5. The third-order valence-electron chi connectivity index (χ3n) is 13.4. The van der Waals surface area contributed by atoms with Crippen LogP contribution < -0.4 is 21.3 Å². The van der Waals surface area contributed by atoms with E-state index in [0.717, 1.165) is 70.6 Å². The highest BCUT2D eigenvalue weighted by Crippen LogP contribution is 2.65. The lowest BCUT2D eigenvalue weighted by molar-refractivity contribution is -0.146. The summed E-state index contributed by atoms with van der Waals surface area (Å²) in [5, 5.41) is 11.8. The van der Waals surface area contributed by atoms with Crippen molar-refractivity contribution in [1.29, 1.82) is 0 Å². The van der Waals surface area contributed by atoms with Crippen LogP contribution >= 0.6 is 0 Å². The van der Waals surface area contributed by atoms with E-state index in [-0.39, 0.29) is 41.0 Å². The molecule has 4 N–H and O–H groups in total. The number of ketones is 1. The number of urea groups is 1. The number of hydrogen-bond acceptors (Lipinski definition) is 7. The van der Waals surface area contributed by atoms with E-state index >= 15 is 0 Å². The molecule has 0 bridgehead atoms. The lowest BCUT2D eigenvalue weighted by atomic mass is 9.70. The molecule has 4 aliphatic carbocycles. The summed E-state index contributed by atoms with van der Waals surface area (Å²) in [6, 6.07) is -3.59. The molecule has 1 aliphatic heterocycles. The average Bonchev–Trinajstić information content (AvgIpc) is 3.95. The third-order valence-corrected chi connectivity index (χ3v) is 15.6. The van der Waals surface area contributed by atoms with Gasteiger partial charge in [0.1, 0.15) is 12.1 Å². The van der Waals surface area contributed by atoms with Crippen LogP contribution in [0.3, 0.4) is 0 Å². The Morgan fingerprint density at radius 1 is 0.887 bits per heavy atom. The lowest BCUT2D eigenvalue weighted by Gasteiger charge is -2.44. The molecule has 1 saturated heterocycles. The van der Waals surface area contributed by atoms with Gasteiger partial charge in [0.05, 0.1) is 17.3 Å². The first-order chi connectivity index (χ1) is 24.9. The summed E-state index contributed by atoms with van der Waals surface area (Å²) in [6.45, 7) is 12.2. The number of likely N-dealkylation sites (tertiary alicyclic amines) is 1. The van der Waals surface area contributed by atoms with Gasteiger partial charge in [0.15, 0.2) is 0 Å². The maximum absolute atomic E-state index is 14.9. The van der Waals surface area contributed by atoms with Crippen LogP contribution in [-0.2, 0) is 29.2 Å². The second-order valence-corrected chi connectivity index (χ2v) is 20.2. The summed E-state index contributed by atoms with van der Waals surface area (Å²) < 4.78 is 28.3. The Bertz CT molecular complexity index is 1500. The smallest absolute Gasteiger partial charge is 0.315 e. The molecule has 0 aromatic heterocycles. The third kappa shape index (κ3) is 9.22. The molecule has 0 radical (unpaired) electrons. The predicted octanol–water partition coefficient (Wildman–Crippen LogP) is 4.00. The fourth-order valence-corrected chi connectivity index (χ4v) is 11.4. The number of rotatable bonds is 16. The molecule has 0 aromatic rings. The van der Waals surface area contributed by atoms with Crippen LogP contribution in [-0.4, -0.2) is 102 Å². The SMILES string of the molecule is CCCCC(NC(=O)C1C2C(CN1C(=O)C(NC(=O)NC1(CS(=O)(=O)N(C)C(C)C)CCCCC1)C1(C)CCCCC1)C2(C)C)C(=O)C(=O)NC1CC1. The normalized spacial score (nSPS) is 27.0. The average molecular weight is 763 g/mol. The van der Waals surface area contributed by atoms with Crippen LogP contribution in [0.5, 0.6) is 0 Å². The lowest BCUT2D eigenvalue weighted by Crippen LogP contribution is -2.65. The van der Waals surface area contributed by atoms with Gasteiger partial charge in [-0.05, 0) is 81.5 Å². The van der Waals surface area contributed by atoms with Crippen LogP contribution in [0.15, 0.2) is 0 Å². The first kappa shape index (κ1) is 41.4. The first-order valence-corrected chi connectivity index (χ1v) is 22.0. The summed E-state index contributed by atoms with van der Waals surface area (Å²) in [7, 11) is -2.13. The number of unbranched alkanes of at least 4 members (excludes halogenated alkanes) is 1. The molecule has 14 heteroatoms. The van der Waals surface area contributed by atoms with E-state index in [9.17, 15) is 32.4 Å². The Kier molecular flexibility index (Phi) is 12.6. The number of sulfonamides is 1. The highest BCUT2D eigenvalue weighted by Gasteiger charge is 2.70. The number of nitrogens with zero attached hydrogens (tertiary/aromatic N) is 2. The molecule has 5 unspecified atom stereocenters. The van der Waals surface area contributed by atoms with Gasteiger partial charge >= 0.3 is 6.03 Å². The molecule has 0 spiro atoms. The number of carbonyl (C=O) groups is 5. The molecule has 4 saturated carbocycles. The Balaban J connectivity index is 1.39. The van der Waals surface area contributed by atoms with E-state index in [1.165, 1.54) is 4.31 Å². The van der Waals surface area contributed by atoms with Crippen LogP contribution in [0, 0.1) is 22.7 Å². The Hall–Kier alpha value is -2.74. The highest BCUT2D eigenvalue weighted by atomic mass is 32.2. The van der Waals surface area contributed by atoms with Gasteiger partial charge in [-0.15, -0.1) is 0 Å². The van der Waals surface area contributed by atoms with Gasteiger partial charge in [-0.25, -0.2) is 17.5 Å². The van der Waals surface area contributed by atoms with Gasteiger partial charge in [0.2, 0.25) is 27.6 Å². The van der Waals surface area contributed by atoms with Gasteiger partial charge in [0.25, 0.3) is 5.91 Å². The molecular formula is C39H66N6O7S. The summed E-state index contributed by atoms with van der Waals surface area (Å²) in [5.41, 5.74) is -1.75. The zero-order valence-electron chi connectivity index (χ0n) is 33.2. The van der Waals surface area contributed by atoms with Gasteiger partial charge in [0, 0.05) is 25.7 Å². The van der Waals surface area contributed by atoms with E-state index in [2.05, 4.69) is 35.1 Å². The second kappa shape index (κ2) is 16.2. The monoisotopic (exact) mass is 762 g/mol. The maximum atomic E-state index is 14.9. The molecular weight excluding hydrogens is 697 g/mol. The number of nitrogens with one attached hydrogen (secondary N) is 4. The summed E-state index contributed by atoms with van der Waals surface area (Å²) >= 11 is 0. The van der Waals surface area contributed by atoms with Crippen molar-refractivity contribution in [3.8, 4) is 0 Å². The zero-order chi connectivity index (χ0) is 38.9. The zero-order valence-corrected chi connectivity index (χ0v) is 34.0.